The third-order valence-electron chi connectivity index (χ3n) is 6.68. The molecule has 5 aromatic rings. The van der Waals surface area contributed by atoms with E-state index < -0.39 is 25.0 Å². The van der Waals surface area contributed by atoms with Crippen LogP contribution in [0.5, 0.6) is 0 Å². The molecule has 1 aromatic heterocycles. The van der Waals surface area contributed by atoms with Gasteiger partial charge in [0.1, 0.15) is 40.7 Å². The summed E-state index contributed by atoms with van der Waals surface area (Å²) in [4.78, 5) is 12.9. The van der Waals surface area contributed by atoms with Crippen LogP contribution in [-0.4, -0.2) is 13.1 Å². The topological polar surface area (TPSA) is 39.4 Å². The Morgan fingerprint density at radius 3 is 1.62 bits per heavy atom. The molecular weight excluding hydrogens is 520 g/mol. The van der Waals surface area contributed by atoms with Gasteiger partial charge in [0.25, 0.3) is 0 Å². The van der Waals surface area contributed by atoms with Crippen molar-refractivity contribution in [3.05, 3.63) is 138 Å². The van der Waals surface area contributed by atoms with Crippen LogP contribution in [0.15, 0.2) is 126 Å². The highest BCUT2D eigenvalue weighted by molar-refractivity contribution is 7.95. The second kappa shape index (κ2) is 10.9. The molecule has 0 amide bonds. The largest absolute Gasteiger partial charge is 0.465 e. The number of carbonyl (C=O) groups excluding carboxylic acids is 1. The fraction of sp³-hybridized carbons (Fsp3) is 0.0938. The van der Waals surface area contributed by atoms with Gasteiger partial charge in [-0.15, -0.1) is 0 Å². The van der Waals surface area contributed by atoms with Crippen LogP contribution >= 0.6 is 7.26 Å². The van der Waals surface area contributed by atoms with E-state index in [1.165, 1.54) is 19.2 Å². The zero-order valence-corrected chi connectivity index (χ0v) is 22.0. The lowest BCUT2D eigenvalue weighted by molar-refractivity contribution is -0.137. The Bertz CT molecular complexity index is 1450. The maximum Gasteiger partial charge on any atom is 0.416 e. The first-order valence-corrected chi connectivity index (χ1v) is 14.2. The second-order valence-corrected chi connectivity index (χ2v) is 12.5. The number of halogens is 3. The lowest BCUT2D eigenvalue weighted by Gasteiger charge is -2.27. The molecule has 196 valence electrons. The van der Waals surface area contributed by atoms with Gasteiger partial charge in [0.15, 0.2) is 5.76 Å². The third kappa shape index (κ3) is 5.25. The number of carbonyl (C=O) groups is 1. The van der Waals surface area contributed by atoms with Gasteiger partial charge in [-0.3, -0.25) is 0 Å². The number of esters is 1. The van der Waals surface area contributed by atoms with Crippen LogP contribution in [0.2, 0.25) is 0 Å². The van der Waals surface area contributed by atoms with Crippen LogP contribution in [0.3, 0.4) is 0 Å². The van der Waals surface area contributed by atoms with Crippen molar-refractivity contribution >= 4 is 29.1 Å². The molecule has 3 nitrogen and oxygen atoms in total. The Labute approximate surface area is 225 Å². The molecule has 0 bridgehead atoms. The maximum atomic E-state index is 13.1. The SMILES string of the molecule is COC(=O)c1cc(-c2ccc(C(F)(F)F)cc2)oc1C[P+](c1ccccc1)(c1ccccc1)c1ccccc1. The van der Waals surface area contributed by atoms with E-state index in [4.69, 9.17) is 9.15 Å². The Morgan fingerprint density at radius 1 is 0.744 bits per heavy atom. The van der Waals surface area contributed by atoms with Gasteiger partial charge in [-0.1, -0.05) is 66.7 Å². The van der Waals surface area contributed by atoms with Crippen molar-refractivity contribution in [1.29, 1.82) is 0 Å². The first-order valence-electron chi connectivity index (χ1n) is 12.3. The highest BCUT2D eigenvalue weighted by Crippen LogP contribution is 2.58. The van der Waals surface area contributed by atoms with E-state index in [0.717, 1.165) is 28.0 Å². The molecule has 7 heteroatoms. The van der Waals surface area contributed by atoms with Gasteiger partial charge in [-0.05, 0) is 54.6 Å². The summed E-state index contributed by atoms with van der Waals surface area (Å²) in [6, 6.07) is 36.6. The van der Waals surface area contributed by atoms with Crippen molar-refractivity contribution in [3.63, 3.8) is 0 Å². The Hall–Kier alpha value is -4.15. The minimum absolute atomic E-state index is 0.250. The Balaban J connectivity index is 1.71. The van der Waals surface area contributed by atoms with E-state index in [-0.39, 0.29) is 5.56 Å². The molecular formula is C32H25F3O3P+. The van der Waals surface area contributed by atoms with Crippen LogP contribution in [0.25, 0.3) is 11.3 Å². The molecule has 1 heterocycles. The monoisotopic (exact) mass is 545 g/mol. The van der Waals surface area contributed by atoms with E-state index in [1.54, 1.807) is 6.07 Å². The molecule has 39 heavy (non-hydrogen) atoms. The number of furan rings is 1. The van der Waals surface area contributed by atoms with E-state index >= 15 is 0 Å². The molecule has 5 rings (SSSR count). The predicted molar refractivity (Wildman–Crippen MR) is 149 cm³/mol. The molecule has 0 spiro atoms. The van der Waals surface area contributed by atoms with Crippen molar-refractivity contribution < 1.29 is 27.1 Å². The summed E-state index contributed by atoms with van der Waals surface area (Å²) >= 11 is 0. The lowest BCUT2D eigenvalue weighted by atomic mass is 10.1. The molecule has 0 aliphatic carbocycles. The standard InChI is InChI=1S/C32H25F3O3P/c1-37-31(36)28-21-29(23-17-19-24(20-18-23)32(33,34)35)38-30(28)22-39(25-11-5-2-6-12-25,26-13-7-3-8-14-26)27-15-9-4-10-16-27/h2-21H,22H2,1H3/q+1. The molecule has 0 N–H and O–H groups in total. The molecule has 0 unspecified atom stereocenters. The van der Waals surface area contributed by atoms with Crippen LogP contribution in [0.4, 0.5) is 13.2 Å². The van der Waals surface area contributed by atoms with Gasteiger partial charge in [0.2, 0.25) is 0 Å². The molecule has 0 fully saturated rings. The number of hydrogen-bond acceptors (Lipinski definition) is 3. The third-order valence-corrected chi connectivity index (χ3v) is 11.0. The number of benzene rings is 4. The maximum absolute atomic E-state index is 13.1. The summed E-state index contributed by atoms with van der Waals surface area (Å²) in [6.07, 6.45) is -4.08. The van der Waals surface area contributed by atoms with Gasteiger partial charge in [-0.25, -0.2) is 4.79 Å². The van der Waals surface area contributed by atoms with Crippen LogP contribution < -0.4 is 15.9 Å². The van der Waals surface area contributed by atoms with E-state index in [9.17, 15) is 18.0 Å². The summed E-state index contributed by atoms with van der Waals surface area (Å²) in [5, 5.41) is 3.31. The number of methoxy groups -OCH3 is 1. The molecule has 0 aliphatic heterocycles. The van der Waals surface area contributed by atoms with Crippen LogP contribution in [-0.2, 0) is 17.1 Å². The predicted octanol–water partition coefficient (Wildman–Crippen LogP) is 7.25. The van der Waals surface area contributed by atoms with Crippen molar-refractivity contribution in [1.82, 2.24) is 0 Å². The molecule has 0 saturated heterocycles. The second-order valence-electron chi connectivity index (χ2n) is 8.99. The average Bonchev–Trinajstić information content (AvgIpc) is 3.40. The van der Waals surface area contributed by atoms with Crippen molar-refractivity contribution in [2.24, 2.45) is 0 Å². The molecule has 0 aliphatic rings. The number of ether oxygens (including phenoxy) is 1. The first-order chi connectivity index (χ1) is 18.8. The molecule has 0 saturated carbocycles. The summed E-state index contributed by atoms with van der Waals surface area (Å²) in [7, 11) is -1.11. The number of alkyl halides is 3. The van der Waals surface area contributed by atoms with E-state index in [2.05, 4.69) is 36.4 Å². The summed E-state index contributed by atoms with van der Waals surface area (Å²) in [5.41, 5.74) is -0.0737. The zero-order chi connectivity index (χ0) is 27.5. The molecule has 4 aromatic carbocycles. The van der Waals surface area contributed by atoms with Crippen molar-refractivity contribution in [3.8, 4) is 11.3 Å². The first kappa shape index (κ1) is 26.5. The van der Waals surface area contributed by atoms with Crippen LogP contribution in [0.1, 0.15) is 21.7 Å². The summed E-state index contributed by atoms with van der Waals surface area (Å²) < 4.78 is 50.8. The highest BCUT2D eigenvalue weighted by atomic mass is 31.2. The number of rotatable bonds is 7. The average molecular weight is 546 g/mol. The molecule has 0 radical (unpaired) electrons. The normalized spacial score (nSPS) is 11.8. The summed E-state index contributed by atoms with van der Waals surface area (Å²) in [6.45, 7) is 0. The zero-order valence-electron chi connectivity index (χ0n) is 21.1. The van der Waals surface area contributed by atoms with Crippen LogP contribution in [0, 0.1) is 0 Å². The van der Waals surface area contributed by atoms with Crippen molar-refractivity contribution in [2.45, 2.75) is 12.3 Å². The minimum Gasteiger partial charge on any atom is -0.465 e. The van der Waals surface area contributed by atoms with E-state index in [1.807, 2.05) is 54.6 Å². The highest BCUT2D eigenvalue weighted by Gasteiger charge is 2.47. The van der Waals surface area contributed by atoms with Gasteiger partial charge in [0, 0.05) is 5.56 Å². The van der Waals surface area contributed by atoms with Gasteiger partial charge < -0.3 is 9.15 Å². The molecule has 0 atom stereocenters. The minimum atomic E-state index is -4.45. The van der Waals surface area contributed by atoms with Gasteiger partial charge in [-0.2, -0.15) is 13.2 Å². The van der Waals surface area contributed by atoms with Gasteiger partial charge >= 0.3 is 12.1 Å². The smallest absolute Gasteiger partial charge is 0.416 e. The van der Waals surface area contributed by atoms with Crippen molar-refractivity contribution in [2.75, 3.05) is 7.11 Å². The van der Waals surface area contributed by atoms with Gasteiger partial charge in [0.05, 0.1) is 12.7 Å². The Morgan fingerprint density at radius 2 is 1.21 bits per heavy atom. The number of hydrogen-bond donors (Lipinski definition) is 0. The fourth-order valence-corrected chi connectivity index (χ4v) is 8.93. The summed E-state index contributed by atoms with van der Waals surface area (Å²) in [5.74, 6) is 0.146. The quantitative estimate of drug-likeness (QED) is 0.160. The Kier molecular flexibility index (Phi) is 7.40. The fourth-order valence-electron chi connectivity index (χ4n) is 4.78. The van der Waals surface area contributed by atoms with E-state index in [0.29, 0.717) is 23.2 Å². The lowest BCUT2D eigenvalue weighted by Crippen LogP contribution is -2.32.